The Morgan fingerprint density at radius 1 is 1.50 bits per heavy atom. The van der Waals surface area contributed by atoms with E-state index in [0.29, 0.717) is 18.2 Å². The first-order valence-electron chi connectivity index (χ1n) is 5.62. The van der Waals surface area contributed by atoms with E-state index in [1.807, 2.05) is 20.9 Å². The predicted molar refractivity (Wildman–Crippen MR) is 76.7 cm³/mol. The van der Waals surface area contributed by atoms with E-state index in [1.165, 1.54) is 11.5 Å². The average Bonchev–Trinajstić information content (AvgIpc) is 2.88. The third kappa shape index (κ3) is 2.73. The van der Waals surface area contributed by atoms with Crippen LogP contribution >= 0.6 is 22.9 Å². The average molecular weight is 284 g/mol. The highest BCUT2D eigenvalue weighted by Gasteiger charge is 2.17. The van der Waals surface area contributed by atoms with Crippen LogP contribution in [-0.2, 0) is 6.54 Å². The zero-order valence-electron chi connectivity index (χ0n) is 10.6. The van der Waals surface area contributed by atoms with Crippen LogP contribution in [0.15, 0.2) is 5.38 Å². The van der Waals surface area contributed by atoms with E-state index in [0.717, 1.165) is 22.2 Å². The van der Waals surface area contributed by atoms with Gasteiger partial charge in [0.2, 0.25) is 0 Å². The van der Waals surface area contributed by atoms with Crippen LogP contribution in [0.5, 0.6) is 5.75 Å². The Kier molecular flexibility index (Phi) is 4.03. The third-order valence-corrected chi connectivity index (χ3v) is 4.14. The Labute approximate surface area is 114 Å². The van der Waals surface area contributed by atoms with Gasteiger partial charge in [-0.25, -0.2) is 4.98 Å². The van der Waals surface area contributed by atoms with Gasteiger partial charge in [0, 0.05) is 12.4 Å². The molecule has 0 bridgehead atoms. The van der Waals surface area contributed by atoms with Crippen LogP contribution in [0.3, 0.4) is 0 Å². The number of aryl methyl sites for hydroxylation is 1. The smallest absolute Gasteiger partial charge is 0.197 e. The van der Waals surface area contributed by atoms with Gasteiger partial charge in [-0.2, -0.15) is 4.37 Å². The molecule has 2 aromatic rings. The van der Waals surface area contributed by atoms with Crippen molar-refractivity contribution in [1.82, 2.24) is 9.36 Å². The van der Waals surface area contributed by atoms with Gasteiger partial charge < -0.3 is 15.4 Å². The number of hydrogen-bond donors (Lipinski definition) is 1. The summed E-state index contributed by atoms with van der Waals surface area (Å²) in [6, 6.07) is 0. The zero-order chi connectivity index (χ0) is 13.1. The summed E-state index contributed by atoms with van der Waals surface area (Å²) in [5.74, 6) is 1.13. The normalized spacial score (nSPS) is 10.6. The van der Waals surface area contributed by atoms with E-state index in [1.54, 1.807) is 11.3 Å². The molecule has 2 N–H and O–H groups in total. The standard InChI is InChI=1S/C11H16N4OS2/c1-4-16-9-10(12)14-18-11(9)15(3)5-8-6-17-7(2)13-8/h6H,4-5H2,1-3H3,(H2,12,14). The second kappa shape index (κ2) is 5.53. The van der Waals surface area contributed by atoms with Crippen LogP contribution in [0.1, 0.15) is 17.6 Å². The molecular formula is C11H16N4OS2. The van der Waals surface area contributed by atoms with Crippen LogP contribution < -0.4 is 15.4 Å². The Morgan fingerprint density at radius 3 is 2.89 bits per heavy atom. The minimum absolute atomic E-state index is 0.457. The van der Waals surface area contributed by atoms with Crippen molar-refractivity contribution in [3.05, 3.63) is 16.1 Å². The van der Waals surface area contributed by atoms with Crippen LogP contribution in [-0.4, -0.2) is 23.0 Å². The molecule has 0 fully saturated rings. The summed E-state index contributed by atoms with van der Waals surface area (Å²) in [5, 5.41) is 4.09. The lowest BCUT2D eigenvalue weighted by Crippen LogP contribution is -2.16. The maximum atomic E-state index is 5.80. The second-order valence-corrected chi connectivity index (χ2v) is 5.66. The molecule has 0 spiro atoms. The number of rotatable bonds is 5. The van der Waals surface area contributed by atoms with Crippen LogP contribution in [0.4, 0.5) is 10.8 Å². The molecule has 18 heavy (non-hydrogen) atoms. The van der Waals surface area contributed by atoms with E-state index >= 15 is 0 Å². The van der Waals surface area contributed by atoms with Crippen molar-refractivity contribution in [1.29, 1.82) is 0 Å². The van der Waals surface area contributed by atoms with E-state index in [4.69, 9.17) is 10.5 Å². The molecule has 0 atom stereocenters. The van der Waals surface area contributed by atoms with Crippen LogP contribution in [0.2, 0.25) is 0 Å². The zero-order valence-corrected chi connectivity index (χ0v) is 12.3. The highest BCUT2D eigenvalue weighted by atomic mass is 32.1. The summed E-state index contributed by atoms with van der Waals surface area (Å²) in [6.45, 7) is 5.25. The van der Waals surface area contributed by atoms with Crippen molar-refractivity contribution in [3.8, 4) is 5.75 Å². The lowest BCUT2D eigenvalue weighted by molar-refractivity contribution is 0.343. The van der Waals surface area contributed by atoms with Crippen LogP contribution in [0, 0.1) is 6.92 Å². The summed E-state index contributed by atoms with van der Waals surface area (Å²) < 4.78 is 9.67. The highest BCUT2D eigenvalue weighted by Crippen LogP contribution is 2.38. The summed E-state index contributed by atoms with van der Waals surface area (Å²) >= 11 is 3.01. The Morgan fingerprint density at radius 2 is 2.28 bits per heavy atom. The van der Waals surface area contributed by atoms with Crippen molar-refractivity contribution < 1.29 is 4.74 Å². The predicted octanol–water partition coefficient (Wildman–Crippen LogP) is 2.53. The second-order valence-electron chi connectivity index (χ2n) is 3.85. The van der Waals surface area contributed by atoms with E-state index in [9.17, 15) is 0 Å². The van der Waals surface area contributed by atoms with Crippen molar-refractivity contribution in [2.45, 2.75) is 20.4 Å². The van der Waals surface area contributed by atoms with Gasteiger partial charge in [0.15, 0.2) is 16.6 Å². The molecule has 98 valence electrons. The molecule has 0 saturated heterocycles. The third-order valence-electron chi connectivity index (χ3n) is 2.36. The molecule has 0 saturated carbocycles. The Balaban J connectivity index is 2.15. The van der Waals surface area contributed by atoms with E-state index < -0.39 is 0 Å². The fraction of sp³-hybridized carbons (Fsp3) is 0.455. The lowest BCUT2D eigenvalue weighted by Gasteiger charge is -2.17. The molecular weight excluding hydrogens is 268 g/mol. The van der Waals surface area contributed by atoms with Crippen molar-refractivity contribution in [3.63, 3.8) is 0 Å². The van der Waals surface area contributed by atoms with Gasteiger partial charge in [-0.1, -0.05) is 0 Å². The monoisotopic (exact) mass is 284 g/mol. The van der Waals surface area contributed by atoms with Gasteiger partial charge in [0.05, 0.1) is 23.9 Å². The molecule has 0 aliphatic heterocycles. The van der Waals surface area contributed by atoms with Gasteiger partial charge in [0.1, 0.15) is 0 Å². The number of ether oxygens (including phenoxy) is 1. The first kappa shape index (κ1) is 13.1. The molecule has 2 aromatic heterocycles. The van der Waals surface area contributed by atoms with Gasteiger partial charge in [-0.15, -0.1) is 11.3 Å². The molecule has 0 amide bonds. The minimum Gasteiger partial charge on any atom is -0.487 e. The molecule has 0 aliphatic carbocycles. The lowest BCUT2D eigenvalue weighted by atomic mass is 10.4. The van der Waals surface area contributed by atoms with Crippen LogP contribution in [0.25, 0.3) is 0 Å². The Bertz CT molecular complexity index is 523. The molecule has 7 heteroatoms. The topological polar surface area (TPSA) is 64.3 Å². The quantitative estimate of drug-likeness (QED) is 0.914. The summed E-state index contributed by atoms with van der Waals surface area (Å²) in [6.07, 6.45) is 0. The number of hydrogen-bond acceptors (Lipinski definition) is 7. The fourth-order valence-corrected chi connectivity index (χ4v) is 2.93. The van der Waals surface area contributed by atoms with Gasteiger partial charge >= 0.3 is 0 Å². The molecule has 0 radical (unpaired) electrons. The number of thiazole rings is 1. The fourth-order valence-electron chi connectivity index (χ4n) is 1.60. The summed E-state index contributed by atoms with van der Waals surface area (Å²) in [7, 11) is 1.99. The number of anilines is 2. The van der Waals surface area contributed by atoms with E-state index in [2.05, 4.69) is 19.6 Å². The maximum Gasteiger partial charge on any atom is 0.197 e. The van der Waals surface area contributed by atoms with Gasteiger partial charge in [-0.3, -0.25) is 0 Å². The van der Waals surface area contributed by atoms with Gasteiger partial charge in [0.25, 0.3) is 0 Å². The molecule has 5 nitrogen and oxygen atoms in total. The maximum absolute atomic E-state index is 5.80. The first-order valence-corrected chi connectivity index (χ1v) is 7.27. The molecule has 0 aromatic carbocycles. The van der Waals surface area contributed by atoms with Crippen molar-refractivity contribution in [2.75, 3.05) is 24.3 Å². The molecule has 2 heterocycles. The molecule has 0 aliphatic rings. The first-order chi connectivity index (χ1) is 8.61. The van der Waals surface area contributed by atoms with E-state index in [-0.39, 0.29) is 0 Å². The largest absolute Gasteiger partial charge is 0.487 e. The summed E-state index contributed by atoms with van der Waals surface area (Å²) in [5.41, 5.74) is 6.85. The van der Waals surface area contributed by atoms with Crippen molar-refractivity contribution >= 4 is 33.7 Å². The molecule has 2 rings (SSSR count). The summed E-state index contributed by atoms with van der Waals surface area (Å²) in [4.78, 5) is 6.51. The van der Waals surface area contributed by atoms with Gasteiger partial charge in [-0.05, 0) is 25.4 Å². The number of nitrogen functional groups attached to an aromatic ring is 1. The number of nitrogens with zero attached hydrogens (tertiary/aromatic N) is 3. The highest BCUT2D eigenvalue weighted by molar-refractivity contribution is 7.11. The number of aromatic nitrogens is 2. The minimum atomic E-state index is 0.457. The molecule has 0 unspecified atom stereocenters. The van der Waals surface area contributed by atoms with Crippen molar-refractivity contribution in [2.24, 2.45) is 0 Å². The SMILES string of the molecule is CCOc1c(N)nsc1N(C)Cc1csc(C)n1. The number of nitrogens with two attached hydrogens (primary N) is 1. The Hall–Kier alpha value is -1.34.